The minimum atomic E-state index is -5.39. The first-order valence-corrected chi connectivity index (χ1v) is 4.38. The first-order chi connectivity index (χ1) is 4.00. The zero-order valence-electron chi connectivity index (χ0n) is 5.57. The molecular formula is MgO8P2Sr-2. The van der Waals surface area contributed by atoms with Gasteiger partial charge in [0.2, 0.25) is 0 Å². The van der Waals surface area contributed by atoms with Crippen LogP contribution in [-0.4, -0.2) is 68.5 Å². The van der Waals surface area contributed by atoms with Crippen molar-refractivity contribution in [3.63, 3.8) is 0 Å². The zero-order valence-corrected chi connectivity index (χ0v) is 12.3. The van der Waals surface area contributed by atoms with E-state index in [0.29, 0.717) is 0 Å². The summed E-state index contributed by atoms with van der Waals surface area (Å²) in [5, 5.41) is 0. The Morgan fingerprint density at radius 2 is 0.667 bits per heavy atom. The molecule has 64 valence electrons. The van der Waals surface area contributed by atoms with Gasteiger partial charge in [-0.3, -0.25) is 0 Å². The maximum absolute atomic E-state index is 8.55. The molecule has 0 atom stereocenters. The van der Waals surface area contributed by atoms with Crippen LogP contribution >= 0.6 is 15.6 Å². The second-order valence-electron chi connectivity index (χ2n) is 0.894. The van der Waals surface area contributed by atoms with Gasteiger partial charge in [0.1, 0.15) is 0 Å². The summed E-state index contributed by atoms with van der Waals surface area (Å²) in [5.74, 6) is 0. The van der Waals surface area contributed by atoms with Crippen LogP contribution in [0.25, 0.3) is 0 Å². The molecule has 0 aliphatic heterocycles. The van der Waals surface area contributed by atoms with E-state index in [4.69, 9.17) is 38.5 Å². The molecule has 8 nitrogen and oxygen atoms in total. The van der Waals surface area contributed by atoms with Gasteiger partial charge in [-0.2, -0.15) is 15.6 Å². The van der Waals surface area contributed by atoms with Crippen molar-refractivity contribution in [2.45, 2.75) is 0 Å². The minimum Gasteiger partial charge on any atom is -0.822 e. The smallest absolute Gasteiger partial charge is 0.822 e. The molecule has 0 aromatic heterocycles. The summed E-state index contributed by atoms with van der Waals surface area (Å²) < 4.78 is 17.1. The van der Waals surface area contributed by atoms with Crippen LogP contribution in [-0.2, 0) is 9.13 Å². The Bertz CT molecular complexity index is 129. The van der Waals surface area contributed by atoms with Crippen LogP contribution in [0.2, 0.25) is 0 Å². The summed E-state index contributed by atoms with van der Waals surface area (Å²) in [7, 11) is -10.8. The Balaban J connectivity index is -0.0000000457. The fraction of sp³-hybridized carbons (Fsp3) is 0. The molecule has 12 heavy (non-hydrogen) atoms. The van der Waals surface area contributed by atoms with Gasteiger partial charge in [0, 0.05) is 0 Å². The average molecular weight is 302 g/mol. The molecule has 0 aromatic carbocycles. The second kappa shape index (κ2) is 10.0. The molecule has 0 spiro atoms. The Morgan fingerprint density at radius 3 is 0.667 bits per heavy atom. The predicted octanol–water partition coefficient (Wildman–Crippen LogP) is -6.41. The van der Waals surface area contributed by atoms with E-state index in [1.807, 2.05) is 0 Å². The van der Waals surface area contributed by atoms with Crippen molar-refractivity contribution in [1.82, 2.24) is 0 Å². The van der Waals surface area contributed by atoms with Crippen LogP contribution in [0.15, 0.2) is 0 Å². The molecule has 0 rings (SSSR count). The fourth-order valence-corrected chi connectivity index (χ4v) is 0. The largest absolute Gasteiger partial charge is 2.00 e. The van der Waals surface area contributed by atoms with E-state index >= 15 is 0 Å². The minimum absolute atomic E-state index is 0. The van der Waals surface area contributed by atoms with E-state index in [1.54, 1.807) is 0 Å². The Kier molecular flexibility index (Phi) is 20.0. The van der Waals surface area contributed by atoms with Crippen LogP contribution < -0.4 is 29.4 Å². The van der Waals surface area contributed by atoms with Gasteiger partial charge in [-0.25, -0.2) is 0 Å². The van der Waals surface area contributed by atoms with Gasteiger partial charge in [-0.1, -0.05) is 0 Å². The van der Waals surface area contributed by atoms with Crippen molar-refractivity contribution in [3.8, 4) is 0 Å². The van der Waals surface area contributed by atoms with Gasteiger partial charge in [0.25, 0.3) is 0 Å². The SMILES string of the molecule is O=P([O-])([O-])[O-].O=P([O-])([O-])[O-].[Mg+2].[Sr+2]. The Labute approximate surface area is 121 Å². The summed E-state index contributed by atoms with van der Waals surface area (Å²) in [6.07, 6.45) is 0. The second-order valence-corrected chi connectivity index (χ2v) is 2.68. The molecule has 0 saturated carbocycles. The van der Waals surface area contributed by atoms with Crippen molar-refractivity contribution < 1.29 is 38.5 Å². The monoisotopic (exact) mass is 302 g/mol. The van der Waals surface area contributed by atoms with Gasteiger partial charge in [-0.05, 0) is 0 Å². The quantitative estimate of drug-likeness (QED) is 0.313. The summed E-state index contributed by atoms with van der Waals surface area (Å²) in [6.45, 7) is 0. The van der Waals surface area contributed by atoms with Crippen LogP contribution in [0, 0.1) is 0 Å². The molecule has 0 aromatic rings. The van der Waals surface area contributed by atoms with E-state index in [0.717, 1.165) is 0 Å². The van der Waals surface area contributed by atoms with E-state index in [1.165, 1.54) is 0 Å². The maximum atomic E-state index is 8.55. The predicted molar refractivity (Wildman–Crippen MR) is 26.7 cm³/mol. The number of phosphoric acid groups is 2. The van der Waals surface area contributed by atoms with Gasteiger partial charge >= 0.3 is 68.5 Å². The van der Waals surface area contributed by atoms with Gasteiger partial charge in [-0.15, -0.1) is 0 Å². The van der Waals surface area contributed by atoms with Crippen molar-refractivity contribution in [3.05, 3.63) is 0 Å². The van der Waals surface area contributed by atoms with Crippen molar-refractivity contribution in [2.24, 2.45) is 0 Å². The normalized spacial score (nSPS) is 9.83. The van der Waals surface area contributed by atoms with Crippen LogP contribution in [0.5, 0.6) is 0 Å². The average Bonchev–Trinajstić information content (AvgIpc) is 1.12. The Morgan fingerprint density at radius 1 is 0.667 bits per heavy atom. The van der Waals surface area contributed by atoms with Crippen molar-refractivity contribution >= 4 is 84.2 Å². The molecule has 0 radical (unpaired) electrons. The molecule has 0 aliphatic rings. The van der Waals surface area contributed by atoms with Crippen LogP contribution in [0.3, 0.4) is 0 Å². The third kappa shape index (κ3) is 269. The molecule has 0 saturated heterocycles. The Hall–Kier alpha value is 2.47. The summed E-state index contributed by atoms with van der Waals surface area (Å²) >= 11 is 0. The topological polar surface area (TPSA) is 172 Å². The van der Waals surface area contributed by atoms with E-state index in [2.05, 4.69) is 0 Å². The first-order valence-electron chi connectivity index (χ1n) is 1.46. The molecule has 0 N–H and O–H groups in total. The van der Waals surface area contributed by atoms with Gasteiger partial charge in [0.15, 0.2) is 0 Å². The molecule has 0 bridgehead atoms. The molecular weight excluding hydrogens is 302 g/mol. The summed E-state index contributed by atoms with van der Waals surface area (Å²) in [5.41, 5.74) is 0. The first kappa shape index (κ1) is 23.9. The number of hydrogen-bond donors (Lipinski definition) is 0. The van der Waals surface area contributed by atoms with E-state index < -0.39 is 15.6 Å². The van der Waals surface area contributed by atoms with Crippen LogP contribution in [0.1, 0.15) is 0 Å². The summed E-state index contributed by atoms with van der Waals surface area (Å²) in [6, 6.07) is 0. The van der Waals surface area contributed by atoms with Crippen molar-refractivity contribution in [2.75, 3.05) is 0 Å². The third-order valence-corrected chi connectivity index (χ3v) is 0. The maximum Gasteiger partial charge on any atom is 2.00 e. The molecule has 0 unspecified atom stereocenters. The standard InChI is InChI=1S/Mg.2H3O4P.Sr/c;2*1-5(2,3)4;/h;2*(H3,1,2,3,4);/q+2;;;+2/p-6. The molecule has 0 heterocycles. The van der Waals surface area contributed by atoms with E-state index in [9.17, 15) is 0 Å². The number of rotatable bonds is 0. The molecule has 12 heteroatoms. The molecule has 0 fully saturated rings. The van der Waals surface area contributed by atoms with Crippen molar-refractivity contribution in [1.29, 1.82) is 0 Å². The molecule has 0 amide bonds. The zero-order chi connectivity index (χ0) is 9.00. The summed E-state index contributed by atoms with van der Waals surface area (Å²) in [4.78, 5) is 51.3. The number of hydrogen-bond acceptors (Lipinski definition) is 8. The van der Waals surface area contributed by atoms with Gasteiger partial charge in [0.05, 0.1) is 0 Å². The molecule has 0 aliphatic carbocycles. The fourth-order valence-electron chi connectivity index (χ4n) is 0. The third-order valence-electron chi connectivity index (χ3n) is 0. The van der Waals surface area contributed by atoms with Crippen LogP contribution in [0.4, 0.5) is 0 Å². The van der Waals surface area contributed by atoms with E-state index in [-0.39, 0.29) is 68.5 Å². The van der Waals surface area contributed by atoms with Gasteiger partial charge < -0.3 is 38.5 Å².